The second-order valence-electron chi connectivity index (χ2n) is 16.9. The summed E-state index contributed by atoms with van der Waals surface area (Å²) in [6.07, 6.45) is 7.34. The van der Waals surface area contributed by atoms with Crippen LogP contribution in [-0.4, -0.2) is 63.8 Å². The molecule has 0 unspecified atom stereocenters. The standard InChI is InChI=1S/2C27H29N3O3S/c2*1-20-13-15-23(16-14-20)34(32,33)30-26(18-22-19-29-25-12-6-5-11-24(22)25)27(31)28-17-7-10-21-8-3-2-4-9-21/h2*2-6,8-9,11-16,19,26,29-30H,7,10,17-18H2,1H3,(H,28,31)/t2*26-/m00/s1. The molecule has 0 aliphatic rings. The highest BCUT2D eigenvalue weighted by Crippen LogP contribution is 2.22. The molecule has 0 aliphatic heterocycles. The number of aromatic nitrogens is 2. The maximum absolute atomic E-state index is 13.1. The minimum atomic E-state index is -3.87. The first-order valence-electron chi connectivity index (χ1n) is 22.8. The molecule has 2 amide bonds. The monoisotopic (exact) mass is 950 g/mol. The van der Waals surface area contributed by atoms with Crippen LogP contribution in [0, 0.1) is 13.8 Å². The first-order valence-corrected chi connectivity index (χ1v) is 25.7. The third kappa shape index (κ3) is 13.6. The number of aromatic amines is 2. The lowest BCUT2D eigenvalue weighted by Gasteiger charge is -2.19. The van der Waals surface area contributed by atoms with E-state index in [0.717, 1.165) is 69.7 Å². The molecule has 2 atom stereocenters. The molecule has 0 radical (unpaired) electrons. The van der Waals surface area contributed by atoms with Crippen molar-refractivity contribution in [2.24, 2.45) is 0 Å². The number of rotatable bonds is 20. The SMILES string of the molecule is Cc1ccc(S(=O)(=O)N[C@@H](Cc2c[nH]c3ccccc23)C(=O)NCCCc2ccccc2)cc1.Cc1ccc(S(=O)(=O)N[C@@H](Cc2c[nH]c3ccccc23)C(=O)NCCCc2ccccc2)cc1. The van der Waals surface area contributed by atoms with Gasteiger partial charge in [-0.1, -0.05) is 132 Å². The van der Waals surface area contributed by atoms with Gasteiger partial charge in [0.15, 0.2) is 0 Å². The number of fused-ring (bicyclic) bond motifs is 2. The quantitative estimate of drug-likeness (QED) is 0.0419. The number of nitrogens with one attached hydrogen (secondary N) is 6. The molecular weight excluding hydrogens is 893 g/mol. The lowest BCUT2D eigenvalue weighted by atomic mass is 10.0. The molecule has 2 heterocycles. The number of sulfonamides is 2. The molecule has 0 bridgehead atoms. The fourth-order valence-corrected chi connectivity index (χ4v) is 10.3. The average Bonchev–Trinajstić information content (AvgIpc) is 3.96. The first kappa shape index (κ1) is 49.1. The van der Waals surface area contributed by atoms with Crippen molar-refractivity contribution in [2.75, 3.05) is 13.1 Å². The molecule has 8 rings (SSSR count). The molecule has 352 valence electrons. The van der Waals surface area contributed by atoms with Crippen molar-refractivity contribution >= 4 is 53.7 Å². The molecule has 14 heteroatoms. The van der Waals surface area contributed by atoms with Gasteiger partial charge in [-0.15, -0.1) is 0 Å². The summed E-state index contributed by atoms with van der Waals surface area (Å²) in [5.74, 6) is -0.678. The lowest BCUT2D eigenvalue weighted by molar-refractivity contribution is -0.123. The maximum atomic E-state index is 13.1. The Hall–Kier alpha value is -6.84. The fraction of sp³-hybridized carbons (Fsp3) is 0.222. The summed E-state index contributed by atoms with van der Waals surface area (Å²) >= 11 is 0. The average molecular weight is 951 g/mol. The van der Waals surface area contributed by atoms with E-state index in [2.05, 4.69) is 54.3 Å². The van der Waals surface area contributed by atoms with Crippen LogP contribution in [0.4, 0.5) is 0 Å². The van der Waals surface area contributed by atoms with E-state index in [9.17, 15) is 26.4 Å². The number of carbonyl (C=O) groups is 2. The maximum Gasteiger partial charge on any atom is 0.241 e. The van der Waals surface area contributed by atoms with Crippen LogP contribution in [0.2, 0.25) is 0 Å². The summed E-state index contributed by atoms with van der Waals surface area (Å²) in [6.45, 7) is 4.72. The van der Waals surface area contributed by atoms with Gasteiger partial charge in [-0.2, -0.15) is 9.44 Å². The van der Waals surface area contributed by atoms with E-state index in [-0.39, 0.29) is 34.4 Å². The van der Waals surface area contributed by atoms with Gasteiger partial charge in [-0.05, 0) is 111 Å². The van der Waals surface area contributed by atoms with Crippen molar-refractivity contribution in [2.45, 2.75) is 74.2 Å². The van der Waals surface area contributed by atoms with Crippen LogP contribution in [0.5, 0.6) is 0 Å². The van der Waals surface area contributed by atoms with E-state index in [1.165, 1.54) is 11.1 Å². The molecule has 0 saturated heterocycles. The third-order valence-electron chi connectivity index (χ3n) is 11.7. The largest absolute Gasteiger partial charge is 0.361 e. The third-order valence-corrected chi connectivity index (χ3v) is 14.6. The summed E-state index contributed by atoms with van der Waals surface area (Å²) in [6, 6.07) is 47.0. The molecule has 6 aromatic carbocycles. The van der Waals surface area contributed by atoms with Crippen LogP contribution in [0.25, 0.3) is 21.8 Å². The Labute approximate surface area is 399 Å². The molecule has 8 aromatic rings. The van der Waals surface area contributed by atoms with Gasteiger partial charge < -0.3 is 20.6 Å². The lowest BCUT2D eigenvalue weighted by Crippen LogP contribution is -2.48. The van der Waals surface area contributed by atoms with Crippen LogP contribution >= 0.6 is 0 Å². The van der Waals surface area contributed by atoms with Gasteiger partial charge in [0.1, 0.15) is 12.1 Å². The highest BCUT2D eigenvalue weighted by Gasteiger charge is 2.28. The molecule has 0 fully saturated rings. The van der Waals surface area contributed by atoms with Crippen molar-refractivity contribution in [3.8, 4) is 0 Å². The summed E-state index contributed by atoms with van der Waals surface area (Å²) in [5, 5.41) is 7.78. The first-order chi connectivity index (χ1) is 32.8. The Balaban J connectivity index is 0.000000201. The van der Waals surface area contributed by atoms with E-state index in [0.29, 0.717) is 13.1 Å². The summed E-state index contributed by atoms with van der Waals surface area (Å²) in [7, 11) is -7.74. The van der Waals surface area contributed by atoms with Crippen LogP contribution < -0.4 is 20.1 Å². The van der Waals surface area contributed by atoms with Crippen molar-refractivity contribution in [3.05, 3.63) is 203 Å². The Morgan fingerprint density at radius 2 is 0.824 bits per heavy atom. The van der Waals surface area contributed by atoms with Crippen molar-refractivity contribution in [1.29, 1.82) is 0 Å². The predicted octanol–water partition coefficient (Wildman–Crippen LogP) is 8.23. The van der Waals surface area contributed by atoms with Gasteiger partial charge in [0.25, 0.3) is 0 Å². The van der Waals surface area contributed by atoms with Gasteiger partial charge in [0.05, 0.1) is 9.79 Å². The van der Waals surface area contributed by atoms with E-state index in [1.54, 1.807) is 48.5 Å². The van der Waals surface area contributed by atoms with E-state index in [4.69, 9.17) is 0 Å². The van der Waals surface area contributed by atoms with Crippen LogP contribution in [0.1, 0.15) is 46.2 Å². The molecule has 68 heavy (non-hydrogen) atoms. The minimum Gasteiger partial charge on any atom is -0.361 e. The topological polar surface area (TPSA) is 182 Å². The van der Waals surface area contributed by atoms with Crippen molar-refractivity contribution < 1.29 is 26.4 Å². The summed E-state index contributed by atoms with van der Waals surface area (Å²) in [4.78, 5) is 32.9. The smallest absolute Gasteiger partial charge is 0.241 e. The molecular formula is C54H58N6O6S2. The van der Waals surface area contributed by atoms with Gasteiger partial charge in [0.2, 0.25) is 31.9 Å². The van der Waals surface area contributed by atoms with E-state index >= 15 is 0 Å². The summed E-state index contributed by atoms with van der Waals surface area (Å²) in [5.41, 5.74) is 7.98. The fourth-order valence-electron chi connectivity index (χ4n) is 7.91. The van der Waals surface area contributed by atoms with E-state index in [1.807, 2.05) is 111 Å². The number of H-pyrrole nitrogens is 2. The zero-order chi connectivity index (χ0) is 47.9. The van der Waals surface area contributed by atoms with E-state index < -0.39 is 32.1 Å². The van der Waals surface area contributed by atoms with Crippen LogP contribution in [-0.2, 0) is 55.3 Å². The van der Waals surface area contributed by atoms with Gasteiger partial charge in [-0.3, -0.25) is 9.59 Å². The number of benzene rings is 6. The number of hydrogen-bond donors (Lipinski definition) is 6. The molecule has 0 saturated carbocycles. The highest BCUT2D eigenvalue weighted by molar-refractivity contribution is 7.89. The normalized spacial score (nSPS) is 12.5. The molecule has 2 aromatic heterocycles. The van der Waals surface area contributed by atoms with Crippen molar-refractivity contribution in [1.82, 2.24) is 30.0 Å². The highest BCUT2D eigenvalue weighted by atomic mass is 32.2. The Morgan fingerprint density at radius 3 is 1.21 bits per heavy atom. The number of carbonyl (C=O) groups excluding carboxylic acids is 2. The molecule has 0 spiro atoms. The number of hydrogen-bond acceptors (Lipinski definition) is 6. The Kier molecular flexibility index (Phi) is 16.8. The predicted molar refractivity (Wildman–Crippen MR) is 270 cm³/mol. The zero-order valence-electron chi connectivity index (χ0n) is 38.2. The number of amides is 2. The Morgan fingerprint density at radius 1 is 0.471 bits per heavy atom. The second kappa shape index (κ2) is 23.3. The minimum absolute atomic E-state index is 0.138. The van der Waals surface area contributed by atoms with Crippen molar-refractivity contribution in [3.63, 3.8) is 0 Å². The van der Waals surface area contributed by atoms with Crippen LogP contribution in [0.3, 0.4) is 0 Å². The van der Waals surface area contributed by atoms with Crippen LogP contribution in [0.15, 0.2) is 180 Å². The number of aryl methyl sites for hydroxylation is 4. The molecule has 0 aliphatic carbocycles. The Bertz CT molecular complexity index is 2910. The summed E-state index contributed by atoms with van der Waals surface area (Å²) < 4.78 is 57.5. The second-order valence-corrected chi connectivity index (χ2v) is 20.3. The van der Waals surface area contributed by atoms with Gasteiger partial charge >= 0.3 is 0 Å². The molecule has 12 nitrogen and oxygen atoms in total. The molecule has 6 N–H and O–H groups in total. The zero-order valence-corrected chi connectivity index (χ0v) is 39.9. The van der Waals surface area contributed by atoms with Gasteiger partial charge in [0, 0.05) is 47.3 Å². The van der Waals surface area contributed by atoms with Gasteiger partial charge in [-0.25, -0.2) is 16.8 Å². The number of para-hydroxylation sites is 2.